The zero-order chi connectivity index (χ0) is 13.0. The van der Waals surface area contributed by atoms with E-state index in [9.17, 15) is 9.59 Å². The van der Waals surface area contributed by atoms with Gasteiger partial charge in [-0.25, -0.2) is 0 Å². The topological polar surface area (TPSA) is 57.6 Å². The molecule has 1 N–H and O–H groups in total. The van der Waals surface area contributed by atoms with Crippen LogP contribution in [0.25, 0.3) is 0 Å². The molecular formula is C13H23NO3. The number of nitrogens with zero attached hydrogens (tertiary/aromatic N) is 1. The van der Waals surface area contributed by atoms with Gasteiger partial charge in [0.1, 0.15) is 0 Å². The third kappa shape index (κ3) is 4.02. The van der Waals surface area contributed by atoms with E-state index in [-0.39, 0.29) is 17.9 Å². The summed E-state index contributed by atoms with van der Waals surface area (Å²) in [5.41, 5.74) is 0. The van der Waals surface area contributed by atoms with Crippen molar-refractivity contribution in [2.75, 3.05) is 6.54 Å². The molecule has 0 aromatic heterocycles. The zero-order valence-corrected chi connectivity index (χ0v) is 11.0. The van der Waals surface area contributed by atoms with Crippen LogP contribution in [-0.2, 0) is 9.59 Å². The number of carboxylic acid groups (broad SMARTS) is 1. The highest BCUT2D eigenvalue weighted by Gasteiger charge is 2.32. The van der Waals surface area contributed by atoms with Crippen LogP contribution >= 0.6 is 0 Å². The molecule has 0 radical (unpaired) electrons. The normalized spacial score (nSPS) is 25.1. The van der Waals surface area contributed by atoms with E-state index in [0.717, 1.165) is 12.8 Å². The number of rotatable bonds is 4. The van der Waals surface area contributed by atoms with Crippen LogP contribution in [0.2, 0.25) is 0 Å². The van der Waals surface area contributed by atoms with Crippen molar-refractivity contribution < 1.29 is 14.7 Å². The van der Waals surface area contributed by atoms with E-state index in [0.29, 0.717) is 25.3 Å². The Bertz CT molecular complexity index is 288. The predicted molar refractivity (Wildman–Crippen MR) is 65.6 cm³/mol. The summed E-state index contributed by atoms with van der Waals surface area (Å²) in [5, 5.41) is 9.00. The number of carbonyl (C=O) groups is 2. The highest BCUT2D eigenvalue weighted by molar-refractivity contribution is 5.78. The van der Waals surface area contributed by atoms with E-state index in [4.69, 9.17) is 5.11 Å². The van der Waals surface area contributed by atoms with Crippen LogP contribution < -0.4 is 0 Å². The maximum atomic E-state index is 12.0. The fourth-order valence-electron chi connectivity index (χ4n) is 2.21. The lowest BCUT2D eigenvalue weighted by molar-refractivity contribution is -0.147. The maximum Gasteiger partial charge on any atom is 0.308 e. The second-order valence-corrected chi connectivity index (χ2v) is 5.44. The van der Waals surface area contributed by atoms with Crippen LogP contribution in [0.5, 0.6) is 0 Å². The fourth-order valence-corrected chi connectivity index (χ4v) is 2.21. The molecule has 0 spiro atoms. The summed E-state index contributed by atoms with van der Waals surface area (Å²) in [6.45, 7) is 6.57. The molecule has 1 amide bonds. The molecule has 1 aliphatic heterocycles. The molecule has 4 heteroatoms. The van der Waals surface area contributed by atoms with Crippen molar-refractivity contribution in [3.63, 3.8) is 0 Å². The Morgan fingerprint density at radius 2 is 2.00 bits per heavy atom. The Labute approximate surface area is 103 Å². The molecule has 17 heavy (non-hydrogen) atoms. The Morgan fingerprint density at radius 1 is 1.35 bits per heavy atom. The number of likely N-dealkylation sites (tertiary alicyclic amines) is 1. The Balaban J connectivity index is 2.54. The number of hydrogen-bond acceptors (Lipinski definition) is 2. The number of hydrogen-bond donors (Lipinski definition) is 1. The smallest absolute Gasteiger partial charge is 0.308 e. The number of aliphatic carboxylic acids is 1. The number of piperidine rings is 1. The zero-order valence-electron chi connectivity index (χ0n) is 11.0. The van der Waals surface area contributed by atoms with E-state index in [1.54, 1.807) is 4.90 Å². The van der Waals surface area contributed by atoms with Gasteiger partial charge in [-0.1, -0.05) is 13.8 Å². The van der Waals surface area contributed by atoms with Gasteiger partial charge in [-0.05, 0) is 32.1 Å². The minimum absolute atomic E-state index is 0.108. The van der Waals surface area contributed by atoms with E-state index in [1.807, 2.05) is 6.92 Å². The van der Waals surface area contributed by atoms with Crippen LogP contribution in [0.4, 0.5) is 0 Å². The third-order valence-corrected chi connectivity index (χ3v) is 3.49. The summed E-state index contributed by atoms with van der Waals surface area (Å²) in [6.07, 6.45) is 2.89. The van der Waals surface area contributed by atoms with Gasteiger partial charge in [0.25, 0.3) is 0 Å². The minimum atomic E-state index is -0.779. The lowest BCUT2D eigenvalue weighted by atomic mass is 9.93. The molecule has 0 aromatic carbocycles. The monoisotopic (exact) mass is 241 g/mol. The largest absolute Gasteiger partial charge is 0.481 e. The lowest BCUT2D eigenvalue weighted by Gasteiger charge is -2.36. The van der Waals surface area contributed by atoms with Gasteiger partial charge >= 0.3 is 5.97 Å². The molecule has 98 valence electrons. The first-order valence-electron chi connectivity index (χ1n) is 6.44. The second-order valence-electron chi connectivity index (χ2n) is 5.44. The van der Waals surface area contributed by atoms with Crippen LogP contribution in [-0.4, -0.2) is 34.5 Å². The summed E-state index contributed by atoms with van der Waals surface area (Å²) in [4.78, 5) is 24.7. The molecular weight excluding hydrogens is 218 g/mol. The molecule has 1 saturated heterocycles. The highest BCUT2D eigenvalue weighted by Crippen LogP contribution is 2.23. The third-order valence-electron chi connectivity index (χ3n) is 3.49. The Morgan fingerprint density at radius 3 is 2.53 bits per heavy atom. The van der Waals surface area contributed by atoms with Gasteiger partial charge in [-0.3, -0.25) is 9.59 Å². The van der Waals surface area contributed by atoms with Gasteiger partial charge in [0.2, 0.25) is 5.91 Å². The van der Waals surface area contributed by atoms with Crippen LogP contribution in [0.15, 0.2) is 0 Å². The molecule has 1 fully saturated rings. The van der Waals surface area contributed by atoms with Gasteiger partial charge in [0.15, 0.2) is 0 Å². The summed E-state index contributed by atoms with van der Waals surface area (Å²) >= 11 is 0. The average Bonchev–Trinajstić information content (AvgIpc) is 2.26. The van der Waals surface area contributed by atoms with Crippen molar-refractivity contribution in [2.24, 2.45) is 11.8 Å². The number of carboxylic acids is 1. The molecule has 4 nitrogen and oxygen atoms in total. The van der Waals surface area contributed by atoms with E-state index in [1.165, 1.54) is 0 Å². The van der Waals surface area contributed by atoms with Crippen molar-refractivity contribution in [1.82, 2.24) is 4.90 Å². The van der Waals surface area contributed by atoms with E-state index in [2.05, 4.69) is 13.8 Å². The molecule has 0 aliphatic carbocycles. The van der Waals surface area contributed by atoms with Gasteiger partial charge in [0, 0.05) is 19.0 Å². The van der Waals surface area contributed by atoms with Gasteiger partial charge in [-0.2, -0.15) is 0 Å². The first-order chi connectivity index (χ1) is 7.91. The fraction of sp³-hybridized carbons (Fsp3) is 0.846. The van der Waals surface area contributed by atoms with Gasteiger partial charge < -0.3 is 10.0 Å². The standard InChI is InChI=1S/C13H23NO3/c1-9(2)4-7-12(15)14-8-11(13(16)17)6-5-10(14)3/h9-11H,4-8H2,1-3H3,(H,16,17). The highest BCUT2D eigenvalue weighted by atomic mass is 16.4. The van der Waals surface area contributed by atoms with Crippen molar-refractivity contribution in [1.29, 1.82) is 0 Å². The molecule has 2 unspecified atom stereocenters. The maximum absolute atomic E-state index is 12.0. The molecule has 0 bridgehead atoms. The molecule has 1 aliphatic rings. The second kappa shape index (κ2) is 6.03. The molecule has 0 aromatic rings. The van der Waals surface area contributed by atoms with Crippen molar-refractivity contribution in [3.05, 3.63) is 0 Å². The van der Waals surface area contributed by atoms with Crippen LogP contribution in [0, 0.1) is 11.8 Å². The van der Waals surface area contributed by atoms with Crippen LogP contribution in [0.3, 0.4) is 0 Å². The lowest BCUT2D eigenvalue weighted by Crippen LogP contribution is -2.47. The van der Waals surface area contributed by atoms with Crippen molar-refractivity contribution >= 4 is 11.9 Å². The van der Waals surface area contributed by atoms with Crippen molar-refractivity contribution in [2.45, 2.75) is 52.5 Å². The first-order valence-corrected chi connectivity index (χ1v) is 6.44. The quantitative estimate of drug-likeness (QED) is 0.820. The van der Waals surface area contributed by atoms with E-state index >= 15 is 0 Å². The van der Waals surface area contributed by atoms with Gasteiger partial charge in [0.05, 0.1) is 5.92 Å². The summed E-state index contributed by atoms with van der Waals surface area (Å²) in [6, 6.07) is 0.185. The van der Waals surface area contributed by atoms with E-state index < -0.39 is 5.97 Å². The number of carbonyl (C=O) groups excluding carboxylic acids is 1. The minimum Gasteiger partial charge on any atom is -0.481 e. The number of amides is 1. The molecule has 1 heterocycles. The summed E-state index contributed by atoms with van der Waals surface area (Å²) in [7, 11) is 0. The summed E-state index contributed by atoms with van der Waals surface area (Å²) < 4.78 is 0. The SMILES string of the molecule is CC(C)CCC(=O)N1CC(C(=O)O)CCC1C. The predicted octanol–water partition coefficient (Wildman–Crippen LogP) is 2.13. The van der Waals surface area contributed by atoms with Crippen molar-refractivity contribution in [3.8, 4) is 0 Å². The molecule has 1 rings (SSSR count). The molecule has 2 atom stereocenters. The molecule has 0 saturated carbocycles. The summed E-state index contributed by atoms with van der Waals surface area (Å²) in [5.74, 6) is -0.542. The Hall–Kier alpha value is -1.06. The average molecular weight is 241 g/mol. The van der Waals surface area contributed by atoms with Crippen LogP contribution in [0.1, 0.15) is 46.5 Å². The van der Waals surface area contributed by atoms with Gasteiger partial charge in [-0.15, -0.1) is 0 Å². The Kier molecular flexibility index (Phi) is 4.97. The first kappa shape index (κ1) is 14.0.